The summed E-state index contributed by atoms with van der Waals surface area (Å²) in [7, 11) is 0. The van der Waals surface area contributed by atoms with E-state index in [2.05, 4.69) is 121 Å². The summed E-state index contributed by atoms with van der Waals surface area (Å²) in [6.07, 6.45) is 2.43. The third-order valence-corrected chi connectivity index (χ3v) is 7.58. The molecule has 34 heavy (non-hydrogen) atoms. The molecule has 0 amide bonds. The van der Waals surface area contributed by atoms with Crippen molar-refractivity contribution in [1.82, 2.24) is 0 Å². The number of hydrogen-bond donors (Lipinski definition) is 0. The van der Waals surface area contributed by atoms with Crippen LogP contribution in [0.2, 0.25) is 0 Å². The Labute approximate surface area is 198 Å². The molecule has 8 rings (SSSR count). The fourth-order valence-corrected chi connectivity index (χ4v) is 6.12. The lowest BCUT2D eigenvalue weighted by Crippen LogP contribution is -1.93. The van der Waals surface area contributed by atoms with Crippen LogP contribution in [-0.2, 0) is 0 Å². The van der Waals surface area contributed by atoms with Crippen LogP contribution in [0.5, 0.6) is 0 Å². The lowest BCUT2D eigenvalue weighted by Gasteiger charge is -2.15. The Morgan fingerprint density at radius 3 is 1.74 bits per heavy atom. The first kappa shape index (κ1) is 18.1. The van der Waals surface area contributed by atoms with Gasteiger partial charge in [0.05, 0.1) is 0 Å². The third-order valence-electron chi connectivity index (χ3n) is 7.58. The number of hydrogen-bond acceptors (Lipinski definition) is 0. The van der Waals surface area contributed by atoms with E-state index >= 15 is 0 Å². The minimum Gasteiger partial charge on any atom is -0.0616 e. The molecule has 0 spiro atoms. The van der Waals surface area contributed by atoms with E-state index in [1.54, 1.807) is 0 Å². The van der Waals surface area contributed by atoms with Crippen LogP contribution in [0.3, 0.4) is 0 Å². The first-order valence-corrected chi connectivity index (χ1v) is 11.9. The molecule has 0 aliphatic heterocycles. The molecule has 6 aromatic carbocycles. The van der Waals surface area contributed by atoms with E-state index in [1.807, 2.05) is 0 Å². The maximum absolute atomic E-state index is 2.43. The summed E-state index contributed by atoms with van der Waals surface area (Å²) < 4.78 is 0. The monoisotopic (exact) mass is 428 g/mol. The Morgan fingerprint density at radius 2 is 0.941 bits per heavy atom. The van der Waals surface area contributed by atoms with Crippen LogP contribution in [0.1, 0.15) is 27.8 Å². The molecule has 6 aromatic rings. The molecule has 0 unspecified atom stereocenters. The SMILES string of the molecule is C1=C2C(=C(c3cccc4ccccc34)c3c2ccc2ccccc32)c2ccc3ccccc3c21. The molecular formula is C34H20. The predicted octanol–water partition coefficient (Wildman–Crippen LogP) is 8.97. The largest absolute Gasteiger partial charge is 0.0616 e. The Bertz CT molecular complexity index is 1890. The van der Waals surface area contributed by atoms with E-state index in [-0.39, 0.29) is 0 Å². The molecular weight excluding hydrogens is 408 g/mol. The normalized spacial score (nSPS) is 13.9. The molecule has 0 saturated carbocycles. The van der Waals surface area contributed by atoms with E-state index in [9.17, 15) is 0 Å². The van der Waals surface area contributed by atoms with Crippen molar-refractivity contribution in [3.8, 4) is 0 Å². The molecule has 0 aromatic heterocycles. The van der Waals surface area contributed by atoms with Gasteiger partial charge in [-0.1, -0.05) is 115 Å². The van der Waals surface area contributed by atoms with Crippen LogP contribution in [0.25, 0.3) is 55.1 Å². The van der Waals surface area contributed by atoms with Crippen molar-refractivity contribution in [2.24, 2.45) is 0 Å². The quantitative estimate of drug-likeness (QED) is 0.245. The fraction of sp³-hybridized carbons (Fsp3) is 0. The van der Waals surface area contributed by atoms with Crippen LogP contribution in [-0.4, -0.2) is 0 Å². The second-order valence-corrected chi connectivity index (χ2v) is 9.29. The van der Waals surface area contributed by atoms with Crippen molar-refractivity contribution in [3.63, 3.8) is 0 Å². The average Bonchev–Trinajstić information content (AvgIpc) is 3.43. The molecule has 0 bridgehead atoms. The average molecular weight is 429 g/mol. The molecule has 2 aliphatic rings. The highest BCUT2D eigenvalue weighted by Gasteiger charge is 2.35. The Hall–Kier alpha value is -4.42. The molecule has 0 heteroatoms. The lowest BCUT2D eigenvalue weighted by atomic mass is 9.88. The molecule has 0 heterocycles. The van der Waals surface area contributed by atoms with Gasteiger partial charge in [0, 0.05) is 0 Å². The zero-order chi connectivity index (χ0) is 22.2. The highest BCUT2D eigenvalue weighted by Crippen LogP contribution is 2.57. The highest BCUT2D eigenvalue weighted by molar-refractivity contribution is 6.35. The van der Waals surface area contributed by atoms with Gasteiger partial charge in [0.15, 0.2) is 0 Å². The van der Waals surface area contributed by atoms with Gasteiger partial charge in [-0.05, 0) is 82.9 Å². The summed E-state index contributed by atoms with van der Waals surface area (Å²) in [5, 5.41) is 7.83. The van der Waals surface area contributed by atoms with E-state index in [0.29, 0.717) is 0 Å². The summed E-state index contributed by atoms with van der Waals surface area (Å²) in [5.41, 5.74) is 10.8. The Kier molecular flexibility index (Phi) is 3.48. The predicted molar refractivity (Wildman–Crippen MR) is 146 cm³/mol. The van der Waals surface area contributed by atoms with Crippen molar-refractivity contribution >= 4 is 55.1 Å². The van der Waals surface area contributed by atoms with E-state index in [0.717, 1.165) is 0 Å². The second kappa shape index (κ2) is 6.56. The van der Waals surface area contributed by atoms with Gasteiger partial charge >= 0.3 is 0 Å². The first-order valence-electron chi connectivity index (χ1n) is 11.9. The maximum atomic E-state index is 2.43. The minimum absolute atomic E-state index is 1.28. The van der Waals surface area contributed by atoms with Crippen LogP contribution in [0.4, 0.5) is 0 Å². The van der Waals surface area contributed by atoms with Gasteiger partial charge in [0.2, 0.25) is 0 Å². The van der Waals surface area contributed by atoms with Gasteiger partial charge < -0.3 is 0 Å². The van der Waals surface area contributed by atoms with Crippen molar-refractivity contribution in [3.05, 3.63) is 143 Å². The smallest absolute Gasteiger partial charge is 0.000764 e. The van der Waals surface area contributed by atoms with Gasteiger partial charge in [-0.25, -0.2) is 0 Å². The summed E-state index contributed by atoms with van der Waals surface area (Å²) in [4.78, 5) is 0. The third kappa shape index (κ3) is 2.27. The van der Waals surface area contributed by atoms with Crippen molar-refractivity contribution in [2.45, 2.75) is 0 Å². The summed E-state index contributed by atoms with van der Waals surface area (Å²) >= 11 is 0. The van der Waals surface area contributed by atoms with Gasteiger partial charge in [0.1, 0.15) is 0 Å². The number of allylic oxidation sites excluding steroid dienone is 2. The van der Waals surface area contributed by atoms with Crippen LogP contribution < -0.4 is 0 Å². The molecule has 0 nitrogen and oxygen atoms in total. The van der Waals surface area contributed by atoms with E-state index < -0.39 is 0 Å². The summed E-state index contributed by atoms with van der Waals surface area (Å²) in [6, 6.07) is 42.3. The van der Waals surface area contributed by atoms with Gasteiger partial charge in [-0.15, -0.1) is 0 Å². The van der Waals surface area contributed by atoms with Gasteiger partial charge in [-0.2, -0.15) is 0 Å². The Balaban J connectivity index is 1.57. The standard InChI is InChI=1S/C34H20/c1-4-12-24-21(8-1)11-7-15-27(24)34-32-26-14-6-3-10-23(26)17-19-29(32)31-20-30-25-13-5-2-9-22(25)16-18-28(30)33(31)34/h1-20H. The highest BCUT2D eigenvalue weighted by atomic mass is 14.4. The first-order chi connectivity index (χ1) is 16.9. The Morgan fingerprint density at radius 1 is 0.353 bits per heavy atom. The molecule has 0 N–H and O–H groups in total. The second-order valence-electron chi connectivity index (χ2n) is 9.29. The molecule has 0 radical (unpaired) electrons. The van der Waals surface area contributed by atoms with Crippen molar-refractivity contribution < 1.29 is 0 Å². The topological polar surface area (TPSA) is 0 Å². The zero-order valence-electron chi connectivity index (χ0n) is 18.5. The molecule has 2 aliphatic carbocycles. The minimum atomic E-state index is 1.28. The molecule has 156 valence electrons. The molecule has 0 fully saturated rings. The summed E-state index contributed by atoms with van der Waals surface area (Å²) in [5.74, 6) is 0. The number of benzene rings is 6. The molecule has 0 saturated heterocycles. The van der Waals surface area contributed by atoms with Crippen molar-refractivity contribution in [1.29, 1.82) is 0 Å². The van der Waals surface area contributed by atoms with Crippen LogP contribution in [0.15, 0.2) is 115 Å². The lowest BCUT2D eigenvalue weighted by molar-refractivity contribution is 1.61. The maximum Gasteiger partial charge on any atom is -0.000764 e. The van der Waals surface area contributed by atoms with Gasteiger partial charge in [0.25, 0.3) is 0 Å². The van der Waals surface area contributed by atoms with E-state index in [4.69, 9.17) is 0 Å². The zero-order valence-corrected chi connectivity index (χ0v) is 18.5. The summed E-state index contributed by atoms with van der Waals surface area (Å²) in [6.45, 7) is 0. The van der Waals surface area contributed by atoms with Crippen LogP contribution >= 0.6 is 0 Å². The molecule has 0 atom stereocenters. The number of fused-ring (bicyclic) bond motifs is 10. The van der Waals surface area contributed by atoms with Crippen LogP contribution in [0, 0.1) is 0 Å². The van der Waals surface area contributed by atoms with E-state index in [1.165, 1.54) is 76.9 Å². The fourth-order valence-electron chi connectivity index (χ4n) is 6.12. The van der Waals surface area contributed by atoms with Crippen molar-refractivity contribution in [2.75, 3.05) is 0 Å². The number of rotatable bonds is 1. The van der Waals surface area contributed by atoms with Gasteiger partial charge in [-0.3, -0.25) is 0 Å².